The van der Waals surface area contributed by atoms with Crippen LogP contribution in [0, 0.1) is 6.92 Å². The van der Waals surface area contributed by atoms with Crippen molar-refractivity contribution in [3.8, 4) is 22.8 Å². The van der Waals surface area contributed by atoms with E-state index in [0.717, 1.165) is 11.3 Å². The first-order chi connectivity index (χ1) is 11.8. The Morgan fingerprint density at radius 3 is 2.88 bits per heavy atom. The summed E-state index contributed by atoms with van der Waals surface area (Å²) in [5.41, 5.74) is 2.21. The Morgan fingerprint density at radius 1 is 1.21 bits per heavy atom. The fourth-order valence-electron chi connectivity index (χ4n) is 2.32. The van der Waals surface area contributed by atoms with Crippen LogP contribution in [-0.2, 0) is 6.54 Å². The zero-order valence-electron chi connectivity index (χ0n) is 12.9. The number of thiophene rings is 1. The van der Waals surface area contributed by atoms with E-state index >= 15 is 0 Å². The van der Waals surface area contributed by atoms with Crippen LogP contribution in [0.5, 0.6) is 0 Å². The zero-order chi connectivity index (χ0) is 16.4. The van der Waals surface area contributed by atoms with Crippen LogP contribution in [0.2, 0.25) is 0 Å². The molecular weight excluding hydrogens is 324 g/mol. The molecule has 4 aromatic rings. The number of nitrogens with one attached hydrogen (secondary N) is 1. The molecule has 0 bridgehead atoms. The Balaban J connectivity index is 1.70. The second kappa shape index (κ2) is 6.29. The van der Waals surface area contributed by atoms with E-state index in [1.54, 1.807) is 23.8 Å². The molecule has 7 heteroatoms. The van der Waals surface area contributed by atoms with Gasteiger partial charge < -0.3 is 14.3 Å². The molecule has 0 saturated carbocycles. The normalized spacial score (nSPS) is 10.9. The number of nitrogens with zero attached hydrogens (tertiary/aromatic N) is 3. The van der Waals surface area contributed by atoms with Crippen LogP contribution in [0.25, 0.3) is 22.8 Å². The monoisotopic (exact) mass is 338 g/mol. The van der Waals surface area contributed by atoms with Gasteiger partial charge in [0.2, 0.25) is 5.95 Å². The summed E-state index contributed by atoms with van der Waals surface area (Å²) >= 11 is 1.69. The van der Waals surface area contributed by atoms with E-state index in [1.807, 2.05) is 36.6 Å². The highest BCUT2D eigenvalue weighted by Gasteiger charge is 2.17. The number of rotatable bonds is 5. The van der Waals surface area contributed by atoms with Gasteiger partial charge in [-0.15, -0.1) is 11.3 Å². The molecule has 24 heavy (non-hydrogen) atoms. The average molecular weight is 338 g/mol. The summed E-state index contributed by atoms with van der Waals surface area (Å²) in [4.78, 5) is 10.2. The van der Waals surface area contributed by atoms with Crippen LogP contribution >= 0.6 is 11.3 Å². The van der Waals surface area contributed by atoms with Crippen molar-refractivity contribution in [1.29, 1.82) is 0 Å². The van der Waals surface area contributed by atoms with E-state index in [1.165, 1.54) is 4.88 Å². The summed E-state index contributed by atoms with van der Waals surface area (Å²) in [6.07, 6.45) is 3.34. The van der Waals surface area contributed by atoms with Gasteiger partial charge in [0, 0.05) is 17.1 Å². The quantitative estimate of drug-likeness (QED) is 0.582. The van der Waals surface area contributed by atoms with E-state index in [0.29, 0.717) is 29.7 Å². The predicted octanol–water partition coefficient (Wildman–Crippen LogP) is 4.37. The van der Waals surface area contributed by atoms with Gasteiger partial charge in [0.1, 0.15) is 5.69 Å². The molecule has 0 atom stereocenters. The molecule has 0 aliphatic heterocycles. The lowest BCUT2D eigenvalue weighted by Gasteiger charge is -2.07. The molecule has 4 rings (SSSR count). The van der Waals surface area contributed by atoms with Gasteiger partial charge in [-0.2, -0.15) is 0 Å². The molecule has 0 radical (unpaired) electrons. The molecular formula is C17H14N4O2S. The Hall–Kier alpha value is -2.93. The van der Waals surface area contributed by atoms with E-state index in [9.17, 15) is 0 Å². The average Bonchev–Trinajstić information content (AvgIpc) is 3.35. The largest absolute Gasteiger partial charge is 0.463 e. The van der Waals surface area contributed by atoms with Crippen molar-refractivity contribution in [2.75, 3.05) is 5.32 Å². The lowest BCUT2D eigenvalue weighted by Crippen LogP contribution is -2.03. The summed E-state index contributed by atoms with van der Waals surface area (Å²) in [6.45, 7) is 2.55. The van der Waals surface area contributed by atoms with Crippen molar-refractivity contribution < 1.29 is 8.94 Å². The molecule has 120 valence electrons. The van der Waals surface area contributed by atoms with Gasteiger partial charge in [-0.25, -0.2) is 9.97 Å². The minimum Gasteiger partial charge on any atom is -0.463 e. The first-order valence-corrected chi connectivity index (χ1v) is 8.28. The molecule has 0 unspecified atom stereocenters. The Bertz CT molecular complexity index is 930. The number of aromatic nitrogens is 3. The van der Waals surface area contributed by atoms with Crippen LogP contribution in [0.3, 0.4) is 0 Å². The lowest BCUT2D eigenvalue weighted by molar-refractivity contribution is 0.427. The van der Waals surface area contributed by atoms with Gasteiger partial charge in [0.25, 0.3) is 0 Å². The third-order valence-corrected chi connectivity index (χ3v) is 4.31. The van der Waals surface area contributed by atoms with Crippen molar-refractivity contribution in [1.82, 2.24) is 15.1 Å². The maximum Gasteiger partial charge on any atom is 0.223 e. The second-order valence-corrected chi connectivity index (χ2v) is 6.23. The number of aryl methyl sites for hydroxylation is 1. The van der Waals surface area contributed by atoms with Gasteiger partial charge in [-0.1, -0.05) is 11.2 Å². The molecule has 6 nitrogen and oxygen atoms in total. The van der Waals surface area contributed by atoms with E-state index in [-0.39, 0.29) is 0 Å². The Kier molecular flexibility index (Phi) is 3.84. The third kappa shape index (κ3) is 2.93. The van der Waals surface area contributed by atoms with E-state index < -0.39 is 0 Å². The van der Waals surface area contributed by atoms with Crippen molar-refractivity contribution >= 4 is 17.3 Å². The molecule has 0 spiro atoms. The van der Waals surface area contributed by atoms with Crippen LogP contribution < -0.4 is 5.32 Å². The summed E-state index contributed by atoms with van der Waals surface area (Å²) in [7, 11) is 0. The summed E-state index contributed by atoms with van der Waals surface area (Å²) in [5, 5.41) is 9.21. The van der Waals surface area contributed by atoms with Crippen molar-refractivity contribution in [3.63, 3.8) is 0 Å². The molecule has 0 saturated heterocycles. The summed E-state index contributed by atoms with van der Waals surface area (Å²) in [6, 6.07) is 9.62. The maximum absolute atomic E-state index is 5.52. The van der Waals surface area contributed by atoms with Gasteiger partial charge in [0.05, 0.1) is 24.1 Å². The Morgan fingerprint density at radius 2 is 2.17 bits per heavy atom. The van der Waals surface area contributed by atoms with Crippen LogP contribution in [0.4, 0.5) is 5.95 Å². The molecule has 4 heterocycles. The lowest BCUT2D eigenvalue weighted by atomic mass is 10.1. The van der Waals surface area contributed by atoms with Crippen molar-refractivity contribution in [2.45, 2.75) is 13.5 Å². The number of anilines is 1. The van der Waals surface area contributed by atoms with E-state index in [4.69, 9.17) is 8.94 Å². The molecule has 0 amide bonds. The number of hydrogen-bond acceptors (Lipinski definition) is 7. The standard InChI is InChI=1S/C17H14N4O2S/c1-11-8-15(23-21-11)13-10-19-17(18-9-12-4-3-7-24-12)20-16(13)14-5-2-6-22-14/h2-8,10H,9H2,1H3,(H,18,19,20). The van der Waals surface area contributed by atoms with E-state index in [2.05, 4.69) is 26.5 Å². The minimum atomic E-state index is 0.537. The molecule has 0 aliphatic rings. The predicted molar refractivity (Wildman–Crippen MR) is 91.6 cm³/mol. The first kappa shape index (κ1) is 14.6. The highest BCUT2D eigenvalue weighted by molar-refractivity contribution is 7.09. The van der Waals surface area contributed by atoms with Crippen molar-refractivity contribution in [2.24, 2.45) is 0 Å². The van der Waals surface area contributed by atoms with Crippen LogP contribution in [-0.4, -0.2) is 15.1 Å². The molecule has 4 aromatic heterocycles. The molecule has 1 N–H and O–H groups in total. The summed E-state index contributed by atoms with van der Waals surface area (Å²) < 4.78 is 10.9. The minimum absolute atomic E-state index is 0.537. The fourth-order valence-corrected chi connectivity index (χ4v) is 2.96. The van der Waals surface area contributed by atoms with Crippen LogP contribution in [0.1, 0.15) is 10.6 Å². The van der Waals surface area contributed by atoms with Gasteiger partial charge in [-0.05, 0) is 30.5 Å². The molecule has 0 aromatic carbocycles. The SMILES string of the molecule is Cc1cc(-c2cnc(NCc3cccs3)nc2-c2ccco2)on1. The second-order valence-electron chi connectivity index (χ2n) is 5.20. The van der Waals surface area contributed by atoms with Gasteiger partial charge >= 0.3 is 0 Å². The maximum atomic E-state index is 5.52. The molecule has 0 aliphatic carbocycles. The van der Waals surface area contributed by atoms with Gasteiger partial charge in [-0.3, -0.25) is 0 Å². The Labute approximate surface area is 142 Å². The fraction of sp³-hybridized carbons (Fsp3) is 0.118. The van der Waals surface area contributed by atoms with Crippen LogP contribution in [0.15, 0.2) is 57.1 Å². The smallest absolute Gasteiger partial charge is 0.223 e. The van der Waals surface area contributed by atoms with Crippen molar-refractivity contribution in [3.05, 3.63) is 58.7 Å². The third-order valence-electron chi connectivity index (χ3n) is 3.44. The highest BCUT2D eigenvalue weighted by Crippen LogP contribution is 2.31. The number of hydrogen-bond donors (Lipinski definition) is 1. The molecule has 0 fully saturated rings. The number of furan rings is 1. The summed E-state index contributed by atoms with van der Waals surface area (Å²) in [5.74, 6) is 1.80. The topological polar surface area (TPSA) is 77.0 Å². The zero-order valence-corrected chi connectivity index (χ0v) is 13.7. The highest BCUT2D eigenvalue weighted by atomic mass is 32.1. The van der Waals surface area contributed by atoms with Gasteiger partial charge in [0.15, 0.2) is 11.5 Å². The first-order valence-electron chi connectivity index (χ1n) is 7.40.